The van der Waals surface area contributed by atoms with Crippen molar-refractivity contribution in [2.24, 2.45) is 0 Å². The van der Waals surface area contributed by atoms with Gasteiger partial charge in [-0.05, 0) is 24.3 Å². The summed E-state index contributed by atoms with van der Waals surface area (Å²) < 4.78 is 118. The number of alkyl halides is 9. The number of hydrogen-bond acceptors (Lipinski definition) is 4. The highest BCUT2D eigenvalue weighted by Crippen LogP contribution is 2.41. The van der Waals surface area contributed by atoms with Crippen molar-refractivity contribution in [2.75, 3.05) is 0 Å². The number of hydrogen-bond donors (Lipinski definition) is 1. The molecule has 184 valence electrons. The minimum absolute atomic E-state index is 0.277. The SMILES string of the molecule is FC(F)(F)c1cc(Cl)c(-c2nc3nc(-c4ccc(C(F)(F)F)nc4)nc(C(F)(F)F)c3[nH]2)c(Cl)c1. The zero-order chi connectivity index (χ0) is 25.9. The number of nitrogens with one attached hydrogen (secondary N) is 1. The molecule has 4 rings (SSSR count). The summed E-state index contributed by atoms with van der Waals surface area (Å²) in [5, 5.41) is -1.12. The summed E-state index contributed by atoms with van der Waals surface area (Å²) in [6.45, 7) is 0. The average Bonchev–Trinajstić information content (AvgIpc) is 3.14. The molecule has 0 unspecified atom stereocenters. The third-order valence-corrected chi connectivity index (χ3v) is 5.13. The van der Waals surface area contributed by atoms with Crippen LogP contribution in [0.25, 0.3) is 33.9 Å². The van der Waals surface area contributed by atoms with Crippen molar-refractivity contribution in [1.29, 1.82) is 0 Å². The van der Waals surface area contributed by atoms with Gasteiger partial charge in [0.25, 0.3) is 0 Å². The third-order valence-electron chi connectivity index (χ3n) is 4.54. The van der Waals surface area contributed by atoms with E-state index in [0.717, 1.165) is 6.07 Å². The largest absolute Gasteiger partial charge is 0.435 e. The Labute approximate surface area is 198 Å². The predicted octanol–water partition coefficient (Wildman–Crippen LogP) is 7.45. The van der Waals surface area contributed by atoms with E-state index >= 15 is 0 Å². The van der Waals surface area contributed by atoms with Gasteiger partial charge in [0.1, 0.15) is 17.0 Å². The number of halogens is 11. The second-order valence-corrected chi connectivity index (χ2v) is 7.73. The Balaban J connectivity index is 1.89. The van der Waals surface area contributed by atoms with E-state index in [4.69, 9.17) is 23.2 Å². The summed E-state index contributed by atoms with van der Waals surface area (Å²) in [6.07, 6.45) is -14.0. The first-order chi connectivity index (χ1) is 16.1. The molecule has 0 saturated heterocycles. The van der Waals surface area contributed by atoms with Crippen molar-refractivity contribution in [3.05, 3.63) is 57.5 Å². The number of benzene rings is 1. The summed E-state index contributed by atoms with van der Waals surface area (Å²) in [5.74, 6) is -1.08. The van der Waals surface area contributed by atoms with Gasteiger partial charge in [0, 0.05) is 11.8 Å². The lowest BCUT2D eigenvalue weighted by Crippen LogP contribution is -2.11. The van der Waals surface area contributed by atoms with Crippen LogP contribution in [-0.2, 0) is 18.5 Å². The van der Waals surface area contributed by atoms with Crippen LogP contribution in [0, 0.1) is 0 Å². The van der Waals surface area contributed by atoms with Crippen LogP contribution >= 0.6 is 23.2 Å². The molecule has 0 saturated carbocycles. The van der Waals surface area contributed by atoms with Crippen LogP contribution in [-0.4, -0.2) is 24.9 Å². The normalized spacial score (nSPS) is 13.0. The highest BCUT2D eigenvalue weighted by atomic mass is 35.5. The molecule has 0 atom stereocenters. The van der Waals surface area contributed by atoms with Gasteiger partial charge in [0.15, 0.2) is 17.2 Å². The topological polar surface area (TPSA) is 67.3 Å². The molecule has 0 aliphatic heterocycles. The lowest BCUT2D eigenvalue weighted by molar-refractivity contribution is -0.141. The molecule has 3 aromatic heterocycles. The number of H-pyrrole nitrogens is 1. The Bertz CT molecular complexity index is 1400. The third kappa shape index (κ3) is 4.85. The zero-order valence-corrected chi connectivity index (χ0v) is 17.8. The van der Waals surface area contributed by atoms with Crippen molar-refractivity contribution in [3.63, 3.8) is 0 Å². The fourth-order valence-corrected chi connectivity index (χ4v) is 3.67. The van der Waals surface area contributed by atoms with E-state index in [1.165, 1.54) is 0 Å². The molecule has 16 heteroatoms. The Kier molecular flexibility index (Phi) is 5.87. The maximum atomic E-state index is 13.7. The van der Waals surface area contributed by atoms with Crippen molar-refractivity contribution in [2.45, 2.75) is 18.5 Å². The minimum atomic E-state index is -5.08. The van der Waals surface area contributed by atoms with Gasteiger partial charge in [-0.3, -0.25) is 4.98 Å². The van der Waals surface area contributed by atoms with Crippen LogP contribution < -0.4 is 0 Å². The van der Waals surface area contributed by atoms with Crippen molar-refractivity contribution >= 4 is 34.4 Å². The summed E-state index contributed by atoms with van der Waals surface area (Å²) >= 11 is 11.8. The van der Waals surface area contributed by atoms with Crippen LogP contribution in [0.15, 0.2) is 30.5 Å². The first-order valence-electron chi connectivity index (χ1n) is 9.01. The fourth-order valence-electron chi connectivity index (χ4n) is 3.01. The summed E-state index contributed by atoms with van der Waals surface area (Å²) in [6, 6.07) is 2.40. The molecular weight excluding hydrogens is 540 g/mol. The molecule has 35 heavy (non-hydrogen) atoms. The first kappa shape index (κ1) is 25.0. The monoisotopic (exact) mass is 545 g/mol. The van der Waals surface area contributed by atoms with E-state index in [0.29, 0.717) is 24.4 Å². The average molecular weight is 546 g/mol. The summed E-state index contributed by atoms with van der Waals surface area (Å²) in [5.41, 5.74) is -5.96. The molecule has 3 heterocycles. The van der Waals surface area contributed by atoms with Gasteiger partial charge < -0.3 is 4.98 Å². The van der Waals surface area contributed by atoms with Crippen molar-refractivity contribution in [1.82, 2.24) is 24.9 Å². The Morgan fingerprint density at radius 3 is 1.86 bits per heavy atom. The maximum absolute atomic E-state index is 13.7. The van der Waals surface area contributed by atoms with Crippen LogP contribution in [0.3, 0.4) is 0 Å². The smallest absolute Gasteiger partial charge is 0.335 e. The van der Waals surface area contributed by atoms with Gasteiger partial charge in [-0.25, -0.2) is 15.0 Å². The number of rotatable bonds is 2. The van der Waals surface area contributed by atoms with Gasteiger partial charge in [0.2, 0.25) is 0 Å². The molecule has 4 aromatic rings. The predicted molar refractivity (Wildman–Crippen MR) is 105 cm³/mol. The first-order valence-corrected chi connectivity index (χ1v) is 9.76. The second-order valence-electron chi connectivity index (χ2n) is 6.92. The van der Waals surface area contributed by atoms with Gasteiger partial charge in [-0.2, -0.15) is 39.5 Å². The van der Waals surface area contributed by atoms with E-state index in [1.807, 2.05) is 0 Å². The van der Waals surface area contributed by atoms with Gasteiger partial charge in [-0.15, -0.1) is 0 Å². The number of aromatic nitrogens is 5. The van der Waals surface area contributed by atoms with E-state index in [1.54, 1.807) is 0 Å². The molecule has 0 aliphatic rings. The quantitative estimate of drug-likeness (QED) is 0.266. The number of aromatic amines is 1. The second kappa shape index (κ2) is 8.22. The molecule has 0 aliphatic carbocycles. The molecule has 0 amide bonds. The van der Waals surface area contributed by atoms with E-state index < -0.39 is 68.3 Å². The van der Waals surface area contributed by atoms with Gasteiger partial charge in [0.05, 0.1) is 21.2 Å². The van der Waals surface area contributed by atoms with E-state index in [2.05, 4.69) is 24.9 Å². The molecule has 0 fully saturated rings. The fraction of sp³-hybridized carbons (Fsp3) is 0.158. The van der Waals surface area contributed by atoms with Crippen molar-refractivity contribution < 1.29 is 39.5 Å². The van der Waals surface area contributed by atoms with Crippen molar-refractivity contribution in [3.8, 4) is 22.8 Å². The standard InChI is InChI=1S/C19H6Cl2F9N5/c20-8-3-7(17(22,23)24)4-9(21)11(8)15-32-12-13(19(28,29)30)33-14(34-16(12)35-15)6-1-2-10(31-5-6)18(25,26)27/h1-5H,(H,32,33,34,35). The number of fused-ring (bicyclic) bond motifs is 1. The highest BCUT2D eigenvalue weighted by molar-refractivity contribution is 6.39. The molecule has 1 aromatic carbocycles. The zero-order valence-electron chi connectivity index (χ0n) is 16.3. The number of imidazole rings is 1. The van der Waals surface area contributed by atoms with Gasteiger partial charge >= 0.3 is 18.5 Å². The van der Waals surface area contributed by atoms with Crippen LogP contribution in [0.1, 0.15) is 17.0 Å². The van der Waals surface area contributed by atoms with E-state index in [9.17, 15) is 39.5 Å². The Hall–Kier alpha value is -3.13. The minimum Gasteiger partial charge on any atom is -0.335 e. The molecule has 0 bridgehead atoms. The molecular formula is C19H6Cl2F9N5. The van der Waals surface area contributed by atoms with Crippen LogP contribution in [0.4, 0.5) is 39.5 Å². The lowest BCUT2D eigenvalue weighted by atomic mass is 10.1. The van der Waals surface area contributed by atoms with E-state index in [-0.39, 0.29) is 11.1 Å². The van der Waals surface area contributed by atoms with Crippen LogP contribution in [0.5, 0.6) is 0 Å². The lowest BCUT2D eigenvalue weighted by Gasteiger charge is -2.11. The number of nitrogens with zero attached hydrogens (tertiary/aromatic N) is 4. The maximum Gasteiger partial charge on any atom is 0.435 e. The molecule has 0 radical (unpaired) electrons. The molecule has 0 spiro atoms. The van der Waals surface area contributed by atoms with Gasteiger partial charge in [-0.1, -0.05) is 23.2 Å². The molecule has 1 N–H and O–H groups in total. The van der Waals surface area contributed by atoms with Crippen LogP contribution in [0.2, 0.25) is 10.0 Å². The summed E-state index contributed by atoms with van der Waals surface area (Å²) in [4.78, 5) is 16.5. The Morgan fingerprint density at radius 1 is 0.743 bits per heavy atom. The summed E-state index contributed by atoms with van der Waals surface area (Å²) in [7, 11) is 0. The molecule has 5 nitrogen and oxygen atoms in total. The Morgan fingerprint density at radius 2 is 1.37 bits per heavy atom. The number of pyridine rings is 1. The highest BCUT2D eigenvalue weighted by Gasteiger charge is 2.38.